The number of imidazole rings is 1. The van der Waals surface area contributed by atoms with E-state index in [4.69, 9.17) is 4.74 Å². The van der Waals surface area contributed by atoms with E-state index >= 15 is 0 Å². The van der Waals surface area contributed by atoms with Crippen LogP contribution < -0.4 is 4.74 Å². The molecular weight excluding hydrogens is 264 g/mol. The molecule has 1 unspecified atom stereocenters. The highest BCUT2D eigenvalue weighted by Crippen LogP contribution is 2.18. The zero-order valence-corrected chi connectivity index (χ0v) is 11.9. The third-order valence-electron chi connectivity index (χ3n) is 3.29. The Balaban J connectivity index is 1.89. The molecule has 0 saturated carbocycles. The number of nitrogens with zero attached hydrogens (tertiary/aromatic N) is 2. The van der Waals surface area contributed by atoms with Crippen molar-refractivity contribution < 1.29 is 9.84 Å². The number of hydrogen-bond donors (Lipinski definition) is 1. The maximum atomic E-state index is 9.70. The lowest BCUT2D eigenvalue weighted by Gasteiger charge is -2.12. The first-order valence-electron chi connectivity index (χ1n) is 7.04. The van der Waals surface area contributed by atoms with Gasteiger partial charge in [0.15, 0.2) is 0 Å². The summed E-state index contributed by atoms with van der Waals surface area (Å²) in [5.41, 5.74) is 1.94. The highest BCUT2D eigenvalue weighted by atomic mass is 16.5. The van der Waals surface area contributed by atoms with Crippen molar-refractivity contribution >= 4 is 11.0 Å². The van der Waals surface area contributed by atoms with E-state index < -0.39 is 6.10 Å². The van der Waals surface area contributed by atoms with Crippen molar-refractivity contribution in [3.8, 4) is 5.75 Å². The lowest BCUT2D eigenvalue weighted by molar-refractivity contribution is 0.171. The van der Waals surface area contributed by atoms with Crippen LogP contribution in [-0.2, 0) is 13.2 Å². The van der Waals surface area contributed by atoms with Gasteiger partial charge in [-0.1, -0.05) is 30.3 Å². The molecular formula is C17H18N2O2. The highest BCUT2D eigenvalue weighted by Gasteiger charge is 2.12. The summed E-state index contributed by atoms with van der Waals surface area (Å²) >= 11 is 0. The van der Waals surface area contributed by atoms with Gasteiger partial charge in [-0.15, -0.1) is 0 Å². The van der Waals surface area contributed by atoms with Gasteiger partial charge in [-0.25, -0.2) is 4.98 Å². The topological polar surface area (TPSA) is 47.3 Å². The fourth-order valence-electron chi connectivity index (χ4n) is 2.37. The molecule has 1 aromatic heterocycles. The Labute approximate surface area is 123 Å². The molecule has 4 nitrogen and oxygen atoms in total. The molecule has 1 N–H and O–H groups in total. The van der Waals surface area contributed by atoms with Crippen LogP contribution in [0.5, 0.6) is 5.75 Å². The number of fused-ring (bicyclic) bond motifs is 1. The smallest absolute Gasteiger partial charge is 0.148 e. The van der Waals surface area contributed by atoms with Gasteiger partial charge >= 0.3 is 0 Å². The van der Waals surface area contributed by atoms with Crippen LogP contribution in [-0.4, -0.2) is 20.8 Å². The fourth-order valence-corrected chi connectivity index (χ4v) is 2.37. The molecule has 0 radical (unpaired) electrons. The van der Waals surface area contributed by atoms with Crippen LogP contribution in [0, 0.1) is 0 Å². The zero-order valence-electron chi connectivity index (χ0n) is 11.9. The van der Waals surface area contributed by atoms with Gasteiger partial charge in [0, 0.05) is 0 Å². The minimum absolute atomic E-state index is 0.380. The van der Waals surface area contributed by atoms with Gasteiger partial charge in [0.2, 0.25) is 0 Å². The van der Waals surface area contributed by atoms with Gasteiger partial charge in [-0.3, -0.25) is 0 Å². The molecule has 2 aromatic carbocycles. The lowest BCUT2D eigenvalue weighted by Crippen LogP contribution is -2.15. The molecule has 0 spiro atoms. The van der Waals surface area contributed by atoms with Crippen LogP contribution in [0.1, 0.15) is 12.7 Å². The molecule has 0 aliphatic carbocycles. The number of para-hydroxylation sites is 3. The van der Waals surface area contributed by atoms with Gasteiger partial charge in [0.25, 0.3) is 0 Å². The third-order valence-corrected chi connectivity index (χ3v) is 3.29. The Kier molecular flexibility index (Phi) is 3.88. The van der Waals surface area contributed by atoms with E-state index in [0.717, 1.165) is 22.6 Å². The Hall–Kier alpha value is -2.33. The zero-order chi connectivity index (χ0) is 14.7. The maximum Gasteiger partial charge on any atom is 0.148 e. The quantitative estimate of drug-likeness (QED) is 0.782. The summed E-state index contributed by atoms with van der Waals surface area (Å²) < 4.78 is 7.80. The summed E-state index contributed by atoms with van der Waals surface area (Å²) in [6.07, 6.45) is -0.432. The van der Waals surface area contributed by atoms with E-state index in [-0.39, 0.29) is 0 Å². The fraction of sp³-hybridized carbons (Fsp3) is 0.235. The van der Waals surface area contributed by atoms with Crippen molar-refractivity contribution in [2.45, 2.75) is 26.2 Å². The first-order chi connectivity index (χ1) is 10.2. The van der Waals surface area contributed by atoms with Crippen LogP contribution in [0.25, 0.3) is 11.0 Å². The van der Waals surface area contributed by atoms with E-state index in [1.54, 1.807) is 6.92 Å². The molecule has 0 saturated heterocycles. The minimum Gasteiger partial charge on any atom is -0.486 e. The number of rotatable bonds is 5. The van der Waals surface area contributed by atoms with Crippen molar-refractivity contribution in [3.63, 3.8) is 0 Å². The van der Waals surface area contributed by atoms with Crippen molar-refractivity contribution in [2.75, 3.05) is 0 Å². The summed E-state index contributed by atoms with van der Waals surface area (Å²) in [7, 11) is 0. The van der Waals surface area contributed by atoms with Gasteiger partial charge in [-0.05, 0) is 31.2 Å². The molecule has 4 heteroatoms. The summed E-state index contributed by atoms with van der Waals surface area (Å²) in [6.45, 7) is 2.66. The Bertz CT molecular complexity index is 720. The third kappa shape index (κ3) is 3.06. The molecule has 3 rings (SSSR count). The van der Waals surface area contributed by atoms with Gasteiger partial charge in [-0.2, -0.15) is 0 Å². The lowest BCUT2D eigenvalue weighted by atomic mass is 10.3. The molecule has 0 aliphatic heterocycles. The van der Waals surface area contributed by atoms with Crippen molar-refractivity contribution in [3.05, 3.63) is 60.4 Å². The van der Waals surface area contributed by atoms with Crippen LogP contribution >= 0.6 is 0 Å². The number of benzene rings is 2. The number of ether oxygens (including phenoxy) is 1. The molecule has 21 heavy (non-hydrogen) atoms. The SMILES string of the molecule is CC(O)Cn1c(COc2ccccc2)nc2ccccc21. The Morgan fingerprint density at radius 1 is 1.10 bits per heavy atom. The average molecular weight is 282 g/mol. The Morgan fingerprint density at radius 2 is 1.81 bits per heavy atom. The number of hydrogen-bond acceptors (Lipinski definition) is 3. The Morgan fingerprint density at radius 3 is 2.57 bits per heavy atom. The molecule has 0 amide bonds. The van der Waals surface area contributed by atoms with Crippen molar-refractivity contribution in [2.24, 2.45) is 0 Å². The summed E-state index contributed by atoms with van der Waals surface area (Å²) in [4.78, 5) is 4.61. The molecule has 1 heterocycles. The second-order valence-corrected chi connectivity index (χ2v) is 5.08. The van der Waals surface area contributed by atoms with E-state index in [2.05, 4.69) is 4.98 Å². The number of aliphatic hydroxyl groups excluding tert-OH is 1. The second-order valence-electron chi connectivity index (χ2n) is 5.08. The molecule has 1 atom stereocenters. The highest BCUT2D eigenvalue weighted by molar-refractivity contribution is 5.75. The van der Waals surface area contributed by atoms with E-state index in [9.17, 15) is 5.11 Å². The molecule has 3 aromatic rings. The van der Waals surface area contributed by atoms with E-state index in [0.29, 0.717) is 13.2 Å². The van der Waals surface area contributed by atoms with E-state index in [1.165, 1.54) is 0 Å². The predicted molar refractivity (Wildman–Crippen MR) is 82.2 cm³/mol. The second kappa shape index (κ2) is 5.97. The van der Waals surface area contributed by atoms with Gasteiger partial charge in [0.05, 0.1) is 23.7 Å². The average Bonchev–Trinajstić information content (AvgIpc) is 2.84. The van der Waals surface area contributed by atoms with Crippen LogP contribution in [0.3, 0.4) is 0 Å². The van der Waals surface area contributed by atoms with Crippen LogP contribution in [0.15, 0.2) is 54.6 Å². The molecule has 0 aliphatic rings. The van der Waals surface area contributed by atoms with Crippen molar-refractivity contribution in [1.29, 1.82) is 0 Å². The first-order valence-corrected chi connectivity index (χ1v) is 7.04. The summed E-state index contributed by atoms with van der Waals surface area (Å²) in [5.74, 6) is 1.63. The number of aliphatic hydroxyl groups is 1. The largest absolute Gasteiger partial charge is 0.486 e. The normalized spacial score (nSPS) is 12.5. The molecule has 0 fully saturated rings. The van der Waals surface area contributed by atoms with Crippen molar-refractivity contribution in [1.82, 2.24) is 9.55 Å². The maximum absolute atomic E-state index is 9.70. The molecule has 108 valence electrons. The van der Waals surface area contributed by atoms with E-state index in [1.807, 2.05) is 59.2 Å². The molecule has 0 bridgehead atoms. The minimum atomic E-state index is -0.432. The predicted octanol–water partition coefficient (Wildman–Crippen LogP) is 3.00. The van der Waals surface area contributed by atoms with Gasteiger partial charge < -0.3 is 14.4 Å². The van der Waals surface area contributed by atoms with Crippen LogP contribution in [0.2, 0.25) is 0 Å². The van der Waals surface area contributed by atoms with Crippen LogP contribution in [0.4, 0.5) is 0 Å². The monoisotopic (exact) mass is 282 g/mol. The standard InChI is InChI=1S/C17H18N2O2/c1-13(20)11-19-16-10-6-5-9-15(16)18-17(19)12-21-14-7-3-2-4-8-14/h2-10,13,20H,11-12H2,1H3. The van der Waals surface area contributed by atoms with Gasteiger partial charge in [0.1, 0.15) is 18.2 Å². The summed E-state index contributed by atoms with van der Waals surface area (Å²) in [5, 5.41) is 9.70. The first kappa shape index (κ1) is 13.6. The number of aromatic nitrogens is 2. The summed E-state index contributed by atoms with van der Waals surface area (Å²) in [6, 6.07) is 17.6.